The van der Waals surface area contributed by atoms with Gasteiger partial charge in [0, 0.05) is 23.9 Å². The highest BCUT2D eigenvalue weighted by Crippen LogP contribution is 2.16. The molecule has 0 spiro atoms. The van der Waals surface area contributed by atoms with E-state index in [0.29, 0.717) is 18.2 Å². The first-order valence-electron chi connectivity index (χ1n) is 5.53. The Hall–Kier alpha value is -2.31. The fourth-order valence-corrected chi connectivity index (χ4v) is 1.65. The molecule has 0 saturated carbocycles. The Morgan fingerprint density at radius 3 is 2.78 bits per heavy atom. The van der Waals surface area contributed by atoms with Gasteiger partial charge in [0.2, 0.25) is 11.8 Å². The van der Waals surface area contributed by atoms with E-state index in [1.807, 2.05) is 13.8 Å². The lowest BCUT2D eigenvalue weighted by Crippen LogP contribution is -2.06. The van der Waals surface area contributed by atoms with Gasteiger partial charge >= 0.3 is 0 Å². The zero-order chi connectivity index (χ0) is 13.1. The fraction of sp³-hybridized carbons (Fsp3) is 0.364. The summed E-state index contributed by atoms with van der Waals surface area (Å²) in [5, 5.41) is 10.2. The van der Waals surface area contributed by atoms with Crippen LogP contribution in [0.3, 0.4) is 0 Å². The fourth-order valence-electron chi connectivity index (χ4n) is 1.65. The van der Waals surface area contributed by atoms with Crippen LogP contribution >= 0.6 is 0 Å². The first-order chi connectivity index (χ1) is 8.60. The molecule has 0 aliphatic rings. The Morgan fingerprint density at radius 2 is 2.17 bits per heavy atom. The van der Waals surface area contributed by atoms with Crippen molar-refractivity contribution in [1.29, 1.82) is 0 Å². The predicted molar refractivity (Wildman–Crippen MR) is 68.4 cm³/mol. The van der Waals surface area contributed by atoms with Gasteiger partial charge in [-0.1, -0.05) is 0 Å². The number of hydrogen-bond acceptors (Lipinski definition) is 6. The molecule has 7 nitrogen and oxygen atoms in total. The van der Waals surface area contributed by atoms with Crippen LogP contribution in [0.1, 0.15) is 17.0 Å². The highest BCUT2D eigenvalue weighted by molar-refractivity contribution is 5.43. The molecule has 0 aromatic carbocycles. The summed E-state index contributed by atoms with van der Waals surface area (Å²) < 4.78 is 5.03. The molecule has 0 saturated heterocycles. The monoisotopic (exact) mass is 248 g/mol. The maximum atomic E-state index is 5.58. The number of nitrogen functional groups attached to an aromatic ring is 1. The number of H-pyrrole nitrogens is 1. The number of nitrogens with two attached hydrogens (primary N) is 1. The minimum Gasteiger partial charge on any atom is -0.481 e. The maximum Gasteiger partial charge on any atom is 0.225 e. The van der Waals surface area contributed by atoms with Crippen LogP contribution in [-0.2, 0) is 6.54 Å². The van der Waals surface area contributed by atoms with Gasteiger partial charge in [0.25, 0.3) is 0 Å². The van der Waals surface area contributed by atoms with Gasteiger partial charge in [0.05, 0.1) is 12.8 Å². The highest BCUT2D eigenvalue weighted by Gasteiger charge is 2.07. The van der Waals surface area contributed by atoms with E-state index in [2.05, 4.69) is 25.5 Å². The zero-order valence-electron chi connectivity index (χ0n) is 10.6. The summed E-state index contributed by atoms with van der Waals surface area (Å²) >= 11 is 0. The van der Waals surface area contributed by atoms with E-state index in [0.717, 1.165) is 17.0 Å². The van der Waals surface area contributed by atoms with Crippen molar-refractivity contribution in [1.82, 2.24) is 20.2 Å². The first kappa shape index (κ1) is 12.2. The van der Waals surface area contributed by atoms with Crippen molar-refractivity contribution in [3.05, 3.63) is 23.0 Å². The molecular formula is C11H16N6O. The lowest BCUT2D eigenvalue weighted by molar-refractivity contribution is 0.398. The molecule has 0 amide bonds. The molecule has 0 radical (unpaired) electrons. The summed E-state index contributed by atoms with van der Waals surface area (Å²) in [4.78, 5) is 8.00. The van der Waals surface area contributed by atoms with Crippen molar-refractivity contribution >= 4 is 11.8 Å². The van der Waals surface area contributed by atoms with Crippen LogP contribution in [0.15, 0.2) is 6.07 Å². The molecule has 2 rings (SSSR count). The first-order valence-corrected chi connectivity index (χ1v) is 5.53. The van der Waals surface area contributed by atoms with Crippen molar-refractivity contribution in [3.63, 3.8) is 0 Å². The topological polar surface area (TPSA) is 102 Å². The van der Waals surface area contributed by atoms with Gasteiger partial charge in [-0.05, 0) is 13.8 Å². The molecule has 2 aromatic heterocycles. The van der Waals surface area contributed by atoms with Gasteiger partial charge in [-0.3, -0.25) is 5.10 Å². The van der Waals surface area contributed by atoms with Crippen molar-refractivity contribution in [2.24, 2.45) is 0 Å². The van der Waals surface area contributed by atoms with E-state index in [9.17, 15) is 0 Å². The number of nitrogens with one attached hydrogen (secondary N) is 2. The van der Waals surface area contributed by atoms with Gasteiger partial charge in [0.1, 0.15) is 5.82 Å². The molecule has 0 bridgehead atoms. The third kappa shape index (κ3) is 2.50. The molecule has 96 valence electrons. The Balaban J connectivity index is 2.13. The maximum absolute atomic E-state index is 5.58. The van der Waals surface area contributed by atoms with Crippen molar-refractivity contribution in [2.75, 3.05) is 18.2 Å². The van der Waals surface area contributed by atoms with Crippen molar-refractivity contribution in [3.8, 4) is 5.88 Å². The quantitative estimate of drug-likeness (QED) is 0.746. The van der Waals surface area contributed by atoms with E-state index in [1.165, 1.54) is 7.11 Å². The molecular weight excluding hydrogens is 232 g/mol. The number of anilines is 2. The minimum atomic E-state index is 0.178. The third-order valence-electron chi connectivity index (χ3n) is 2.66. The lowest BCUT2D eigenvalue weighted by Gasteiger charge is -2.07. The average Bonchev–Trinajstić information content (AvgIpc) is 2.66. The number of ether oxygens (including phenoxy) is 1. The number of aryl methyl sites for hydroxylation is 2. The van der Waals surface area contributed by atoms with E-state index in [-0.39, 0.29) is 5.95 Å². The summed E-state index contributed by atoms with van der Waals surface area (Å²) in [5.41, 5.74) is 8.70. The van der Waals surface area contributed by atoms with E-state index < -0.39 is 0 Å². The number of nitrogens with zero attached hydrogens (tertiary/aromatic N) is 3. The molecule has 0 unspecified atom stereocenters. The van der Waals surface area contributed by atoms with Crippen LogP contribution in [-0.4, -0.2) is 27.3 Å². The lowest BCUT2D eigenvalue weighted by atomic mass is 10.2. The third-order valence-corrected chi connectivity index (χ3v) is 2.66. The molecule has 0 aliphatic heterocycles. The van der Waals surface area contributed by atoms with Crippen LogP contribution in [0.2, 0.25) is 0 Å². The molecule has 2 heterocycles. The summed E-state index contributed by atoms with van der Waals surface area (Å²) in [7, 11) is 1.54. The van der Waals surface area contributed by atoms with Gasteiger partial charge < -0.3 is 15.8 Å². The van der Waals surface area contributed by atoms with Crippen LogP contribution < -0.4 is 15.8 Å². The Kier molecular flexibility index (Phi) is 3.31. The number of hydrogen-bond donors (Lipinski definition) is 3. The van der Waals surface area contributed by atoms with Gasteiger partial charge in [-0.15, -0.1) is 0 Å². The van der Waals surface area contributed by atoms with Crippen LogP contribution in [0.4, 0.5) is 11.8 Å². The van der Waals surface area contributed by atoms with Crippen LogP contribution in [0.25, 0.3) is 0 Å². The number of rotatable bonds is 4. The Labute approximate surface area is 105 Å². The molecule has 7 heteroatoms. The normalized spacial score (nSPS) is 10.4. The second-order valence-electron chi connectivity index (χ2n) is 3.92. The second kappa shape index (κ2) is 4.91. The SMILES string of the molecule is COc1cc(NCc2c(C)n[nH]c2C)nc(N)n1. The second-order valence-corrected chi connectivity index (χ2v) is 3.92. The van der Waals surface area contributed by atoms with E-state index in [4.69, 9.17) is 10.5 Å². The van der Waals surface area contributed by atoms with Crippen molar-refractivity contribution in [2.45, 2.75) is 20.4 Å². The number of aromatic amines is 1. The smallest absolute Gasteiger partial charge is 0.225 e. The van der Waals surface area contributed by atoms with E-state index >= 15 is 0 Å². The highest BCUT2D eigenvalue weighted by atomic mass is 16.5. The predicted octanol–water partition coefficient (Wildman–Crippen LogP) is 1.02. The summed E-state index contributed by atoms with van der Waals surface area (Å²) in [6, 6.07) is 1.70. The molecule has 4 N–H and O–H groups in total. The van der Waals surface area contributed by atoms with Gasteiger partial charge in [-0.2, -0.15) is 15.1 Å². The van der Waals surface area contributed by atoms with E-state index in [1.54, 1.807) is 6.07 Å². The Morgan fingerprint density at radius 1 is 1.39 bits per heavy atom. The zero-order valence-corrected chi connectivity index (χ0v) is 10.6. The largest absolute Gasteiger partial charge is 0.481 e. The molecule has 18 heavy (non-hydrogen) atoms. The molecule has 0 atom stereocenters. The van der Waals surface area contributed by atoms with Gasteiger partial charge in [-0.25, -0.2) is 0 Å². The summed E-state index contributed by atoms with van der Waals surface area (Å²) in [5.74, 6) is 1.24. The number of methoxy groups -OCH3 is 1. The van der Waals surface area contributed by atoms with Gasteiger partial charge in [0.15, 0.2) is 0 Å². The minimum absolute atomic E-state index is 0.178. The molecule has 2 aromatic rings. The van der Waals surface area contributed by atoms with Crippen LogP contribution in [0.5, 0.6) is 5.88 Å². The average molecular weight is 248 g/mol. The summed E-state index contributed by atoms with van der Waals surface area (Å²) in [6.07, 6.45) is 0. The van der Waals surface area contributed by atoms with Crippen LogP contribution in [0, 0.1) is 13.8 Å². The molecule has 0 fully saturated rings. The molecule has 0 aliphatic carbocycles. The Bertz CT molecular complexity index is 531. The van der Waals surface area contributed by atoms with Crippen molar-refractivity contribution < 1.29 is 4.74 Å². The summed E-state index contributed by atoms with van der Waals surface area (Å²) in [6.45, 7) is 4.55. The number of aromatic nitrogens is 4. The standard InChI is InChI=1S/C11H16N6O/c1-6-8(7(2)17-16-6)5-13-9-4-10(18-3)15-11(12)14-9/h4H,5H2,1-3H3,(H,16,17)(H3,12,13,14,15).